The third-order valence-corrected chi connectivity index (χ3v) is 6.29. The zero-order valence-corrected chi connectivity index (χ0v) is 17.3. The molecule has 2 aromatic rings. The van der Waals surface area contributed by atoms with Crippen LogP contribution in [0.25, 0.3) is 0 Å². The first-order chi connectivity index (χ1) is 12.9. The Hall–Kier alpha value is -2.14. The van der Waals surface area contributed by atoms with Crippen LogP contribution in [-0.2, 0) is 28.8 Å². The van der Waals surface area contributed by atoms with Gasteiger partial charge in [0.2, 0.25) is 5.91 Å². The van der Waals surface area contributed by atoms with Crippen molar-refractivity contribution in [2.45, 2.75) is 59.8 Å². The number of benzene rings is 1. The second-order valence-electron chi connectivity index (χ2n) is 7.24. The predicted octanol–water partition coefficient (Wildman–Crippen LogP) is 4.91. The number of amides is 1. The zero-order chi connectivity index (χ0) is 19.6. The molecule has 0 aliphatic heterocycles. The summed E-state index contributed by atoms with van der Waals surface area (Å²) in [5, 5.41) is 3.65. The fourth-order valence-electron chi connectivity index (χ4n) is 3.89. The number of ether oxygens (including phenoxy) is 1. The van der Waals surface area contributed by atoms with E-state index in [1.54, 1.807) is 6.92 Å². The van der Waals surface area contributed by atoms with Crippen molar-refractivity contribution in [2.24, 2.45) is 0 Å². The molecule has 1 aliphatic carbocycles. The van der Waals surface area contributed by atoms with Crippen LogP contribution in [0.15, 0.2) is 12.1 Å². The predicted molar refractivity (Wildman–Crippen MR) is 110 cm³/mol. The summed E-state index contributed by atoms with van der Waals surface area (Å²) in [5.74, 6) is -0.413. The number of nitrogens with one attached hydrogen (secondary N) is 1. The third kappa shape index (κ3) is 4.24. The molecule has 1 amide bonds. The summed E-state index contributed by atoms with van der Waals surface area (Å²) in [5.41, 5.74) is 6.14. The molecule has 1 N–H and O–H groups in total. The molecule has 0 atom stereocenters. The van der Waals surface area contributed by atoms with Crippen LogP contribution in [-0.4, -0.2) is 18.5 Å². The number of carbonyl (C=O) groups is 2. The molecular formula is C22H27NO3S. The third-order valence-electron chi connectivity index (χ3n) is 5.08. The molecule has 0 saturated heterocycles. The van der Waals surface area contributed by atoms with E-state index in [0.29, 0.717) is 23.6 Å². The van der Waals surface area contributed by atoms with E-state index in [-0.39, 0.29) is 11.9 Å². The van der Waals surface area contributed by atoms with Gasteiger partial charge in [-0.25, -0.2) is 4.79 Å². The highest BCUT2D eigenvalue weighted by Gasteiger charge is 2.27. The maximum atomic E-state index is 12.8. The van der Waals surface area contributed by atoms with E-state index >= 15 is 0 Å². The van der Waals surface area contributed by atoms with Crippen LogP contribution in [0.2, 0.25) is 0 Å². The Bertz CT molecular complexity index is 859. The number of hydrogen-bond acceptors (Lipinski definition) is 4. The number of rotatable bonds is 5. The van der Waals surface area contributed by atoms with Crippen molar-refractivity contribution in [1.82, 2.24) is 0 Å². The first-order valence-electron chi connectivity index (χ1n) is 9.59. The lowest BCUT2D eigenvalue weighted by atomic mass is 9.95. The van der Waals surface area contributed by atoms with Gasteiger partial charge in [-0.3, -0.25) is 4.79 Å². The van der Waals surface area contributed by atoms with Gasteiger partial charge in [0.15, 0.2) is 0 Å². The lowest BCUT2D eigenvalue weighted by Crippen LogP contribution is -2.18. The summed E-state index contributed by atoms with van der Waals surface area (Å²) in [6.45, 7) is 8.27. The van der Waals surface area contributed by atoms with Gasteiger partial charge in [0.05, 0.1) is 18.6 Å². The molecule has 1 aromatic heterocycles. The van der Waals surface area contributed by atoms with E-state index in [0.717, 1.165) is 47.9 Å². The number of fused-ring (bicyclic) bond motifs is 1. The van der Waals surface area contributed by atoms with E-state index in [1.807, 2.05) is 13.8 Å². The van der Waals surface area contributed by atoms with Gasteiger partial charge in [-0.1, -0.05) is 17.7 Å². The van der Waals surface area contributed by atoms with Gasteiger partial charge >= 0.3 is 5.97 Å². The van der Waals surface area contributed by atoms with E-state index in [9.17, 15) is 9.59 Å². The number of esters is 1. The Balaban J connectivity index is 1.86. The number of hydrogen-bond donors (Lipinski definition) is 1. The minimum atomic E-state index is -0.324. The van der Waals surface area contributed by atoms with Crippen LogP contribution < -0.4 is 5.32 Å². The molecule has 144 valence electrons. The van der Waals surface area contributed by atoms with Crippen molar-refractivity contribution in [1.29, 1.82) is 0 Å². The van der Waals surface area contributed by atoms with E-state index in [4.69, 9.17) is 4.74 Å². The molecule has 0 saturated carbocycles. The molecule has 0 spiro atoms. The van der Waals surface area contributed by atoms with Crippen LogP contribution in [0.1, 0.15) is 62.8 Å². The second-order valence-corrected chi connectivity index (χ2v) is 8.34. The molecule has 0 unspecified atom stereocenters. The van der Waals surface area contributed by atoms with Gasteiger partial charge in [0.1, 0.15) is 5.00 Å². The standard InChI is InChI=1S/C22H27NO3S/c1-5-26-22(25)20-16-8-6-7-9-18(16)27-21(20)23-19(24)12-17-14(3)10-13(2)11-15(17)4/h10-11H,5-9,12H2,1-4H3,(H,23,24). The molecule has 1 aliphatic rings. The van der Waals surface area contributed by atoms with Gasteiger partial charge in [0, 0.05) is 4.88 Å². The van der Waals surface area contributed by atoms with Crippen LogP contribution in [0.3, 0.4) is 0 Å². The molecule has 5 heteroatoms. The summed E-state index contributed by atoms with van der Waals surface area (Å²) in [6, 6.07) is 4.20. The van der Waals surface area contributed by atoms with Crippen LogP contribution in [0, 0.1) is 20.8 Å². The molecular weight excluding hydrogens is 358 g/mol. The van der Waals surface area contributed by atoms with E-state index in [2.05, 4.69) is 24.4 Å². The summed E-state index contributed by atoms with van der Waals surface area (Å²) in [4.78, 5) is 26.5. The molecule has 3 rings (SSSR count). The summed E-state index contributed by atoms with van der Waals surface area (Å²) in [6.07, 6.45) is 4.36. The Labute approximate surface area is 164 Å². The number of thiophene rings is 1. The highest BCUT2D eigenvalue weighted by Crippen LogP contribution is 2.38. The Kier molecular flexibility index (Phi) is 6.00. The highest BCUT2D eigenvalue weighted by molar-refractivity contribution is 7.17. The highest BCUT2D eigenvalue weighted by atomic mass is 32.1. The lowest BCUT2D eigenvalue weighted by molar-refractivity contribution is -0.115. The summed E-state index contributed by atoms with van der Waals surface area (Å²) in [7, 11) is 0. The van der Waals surface area contributed by atoms with Crippen molar-refractivity contribution >= 4 is 28.2 Å². The largest absolute Gasteiger partial charge is 0.462 e. The van der Waals surface area contributed by atoms with Crippen molar-refractivity contribution < 1.29 is 14.3 Å². The molecule has 27 heavy (non-hydrogen) atoms. The average Bonchev–Trinajstić information content (AvgIpc) is 2.96. The van der Waals surface area contributed by atoms with Gasteiger partial charge in [-0.2, -0.15) is 0 Å². The van der Waals surface area contributed by atoms with Crippen molar-refractivity contribution in [3.8, 4) is 0 Å². The Morgan fingerprint density at radius 3 is 2.44 bits per heavy atom. The van der Waals surface area contributed by atoms with Crippen LogP contribution >= 0.6 is 11.3 Å². The minimum absolute atomic E-state index is 0.0887. The average molecular weight is 386 g/mol. The SMILES string of the molecule is CCOC(=O)c1c(NC(=O)Cc2c(C)cc(C)cc2C)sc2c1CCCC2. The van der Waals surface area contributed by atoms with Crippen molar-refractivity contribution in [2.75, 3.05) is 11.9 Å². The smallest absolute Gasteiger partial charge is 0.341 e. The molecule has 0 fully saturated rings. The fraction of sp³-hybridized carbons (Fsp3) is 0.455. The monoisotopic (exact) mass is 385 g/mol. The maximum absolute atomic E-state index is 12.8. The summed E-state index contributed by atoms with van der Waals surface area (Å²) >= 11 is 1.53. The van der Waals surface area contributed by atoms with Gasteiger partial charge in [0.25, 0.3) is 0 Å². The Morgan fingerprint density at radius 1 is 1.11 bits per heavy atom. The van der Waals surface area contributed by atoms with Gasteiger partial charge < -0.3 is 10.1 Å². The van der Waals surface area contributed by atoms with Crippen molar-refractivity contribution in [3.05, 3.63) is 50.4 Å². The van der Waals surface area contributed by atoms with Gasteiger partial charge in [-0.15, -0.1) is 11.3 Å². The van der Waals surface area contributed by atoms with Crippen molar-refractivity contribution in [3.63, 3.8) is 0 Å². The number of anilines is 1. The molecule has 4 nitrogen and oxygen atoms in total. The van der Waals surface area contributed by atoms with E-state index in [1.165, 1.54) is 21.8 Å². The van der Waals surface area contributed by atoms with E-state index < -0.39 is 0 Å². The topological polar surface area (TPSA) is 55.4 Å². The minimum Gasteiger partial charge on any atom is -0.462 e. The first kappa shape index (κ1) is 19.6. The van der Waals surface area contributed by atoms with Gasteiger partial charge in [-0.05, 0) is 75.6 Å². The molecule has 1 heterocycles. The van der Waals surface area contributed by atoms with Crippen LogP contribution in [0.4, 0.5) is 5.00 Å². The molecule has 1 aromatic carbocycles. The lowest BCUT2D eigenvalue weighted by Gasteiger charge is -2.13. The quantitative estimate of drug-likeness (QED) is 0.744. The molecule has 0 bridgehead atoms. The fourth-order valence-corrected chi connectivity index (χ4v) is 5.19. The normalized spacial score (nSPS) is 13.2. The second kappa shape index (κ2) is 8.26. The number of aryl methyl sites for hydroxylation is 4. The first-order valence-corrected chi connectivity index (χ1v) is 10.4. The Morgan fingerprint density at radius 2 is 1.78 bits per heavy atom. The number of carbonyl (C=O) groups excluding carboxylic acids is 2. The zero-order valence-electron chi connectivity index (χ0n) is 16.5. The van der Waals surface area contributed by atoms with Crippen LogP contribution in [0.5, 0.6) is 0 Å². The maximum Gasteiger partial charge on any atom is 0.341 e. The molecule has 0 radical (unpaired) electrons. The summed E-state index contributed by atoms with van der Waals surface area (Å²) < 4.78 is 5.26.